The maximum Gasteiger partial charge on any atom is 0.418 e. The Morgan fingerprint density at radius 2 is 1.97 bits per heavy atom. The number of hydrogen-bond donors (Lipinski definition) is 2. The first-order valence-electron chi connectivity index (χ1n) is 9.34. The monoisotopic (exact) mass is 415 g/mol. The van der Waals surface area contributed by atoms with Crippen molar-refractivity contribution in [2.24, 2.45) is 11.7 Å². The van der Waals surface area contributed by atoms with Gasteiger partial charge in [0.05, 0.1) is 18.1 Å². The van der Waals surface area contributed by atoms with Gasteiger partial charge in [-0.2, -0.15) is 0 Å². The van der Waals surface area contributed by atoms with Gasteiger partial charge in [0, 0.05) is 17.2 Å². The van der Waals surface area contributed by atoms with Gasteiger partial charge in [-0.1, -0.05) is 49.1 Å². The third-order valence-electron chi connectivity index (χ3n) is 4.18. The summed E-state index contributed by atoms with van der Waals surface area (Å²) in [6.45, 7) is 3.00. The lowest BCUT2D eigenvalue weighted by molar-refractivity contribution is -0.168. The van der Waals surface area contributed by atoms with Crippen LogP contribution in [0.3, 0.4) is 0 Å². The molecule has 3 N–H and O–H groups in total. The first kappa shape index (κ1) is 22.6. The van der Waals surface area contributed by atoms with Gasteiger partial charge in [0.25, 0.3) is 0 Å². The lowest BCUT2D eigenvalue weighted by atomic mass is 10.0. The first-order chi connectivity index (χ1) is 14.0. The molecule has 1 heterocycles. The molecule has 0 aliphatic rings. The van der Waals surface area contributed by atoms with E-state index in [0.29, 0.717) is 26.1 Å². The Morgan fingerprint density at radius 1 is 1.21 bits per heavy atom. The second-order valence-corrected chi connectivity index (χ2v) is 7.72. The van der Waals surface area contributed by atoms with E-state index in [1.165, 1.54) is 0 Å². The third-order valence-corrected chi connectivity index (χ3v) is 5.24. The van der Waals surface area contributed by atoms with E-state index in [4.69, 9.17) is 15.6 Å². The van der Waals surface area contributed by atoms with E-state index >= 15 is 0 Å². The van der Waals surface area contributed by atoms with Crippen molar-refractivity contribution in [1.29, 1.82) is 0 Å². The molecule has 0 bridgehead atoms. The number of carboxylic acids is 1. The van der Waals surface area contributed by atoms with Crippen LogP contribution < -0.4 is 5.73 Å². The summed E-state index contributed by atoms with van der Waals surface area (Å²) in [6, 6.07) is 14.0. The van der Waals surface area contributed by atoms with Gasteiger partial charge in [-0.3, -0.25) is 5.73 Å². The molecule has 0 fully saturated rings. The number of benzene rings is 1. The highest BCUT2D eigenvalue weighted by Crippen LogP contribution is 2.20. The Hall–Kier alpha value is -2.66. The fourth-order valence-electron chi connectivity index (χ4n) is 2.44. The topological polar surface area (TPSA) is 98.9 Å². The zero-order valence-corrected chi connectivity index (χ0v) is 17.1. The quantitative estimate of drug-likeness (QED) is 0.215. The largest absolute Gasteiger partial charge is 0.473 e. The van der Waals surface area contributed by atoms with Crippen LogP contribution in [0.2, 0.25) is 0 Å². The van der Waals surface area contributed by atoms with Gasteiger partial charge in [0.15, 0.2) is 6.23 Å². The Morgan fingerprint density at radius 3 is 2.69 bits per heavy atom. The van der Waals surface area contributed by atoms with Crippen molar-refractivity contribution in [3.05, 3.63) is 57.8 Å². The summed E-state index contributed by atoms with van der Waals surface area (Å²) >= 11 is 1.61. The molecule has 2 aromatic rings. The molecule has 0 aliphatic carbocycles. The molecule has 0 spiro atoms. The Balaban J connectivity index is 1.68. The fraction of sp³-hybridized carbons (Fsp3) is 0.364. The normalized spacial score (nSPS) is 12.5. The number of carbonyl (C=O) groups is 2. The maximum absolute atomic E-state index is 11.0. The lowest BCUT2D eigenvalue weighted by Gasteiger charge is -2.18. The molecule has 1 unspecified atom stereocenters. The average Bonchev–Trinajstić information content (AvgIpc) is 3.17. The number of ether oxygens (including phenoxy) is 2. The molecular formula is C22H25NO5S. The molecule has 0 saturated heterocycles. The third kappa shape index (κ3) is 8.48. The Kier molecular flexibility index (Phi) is 9.38. The summed E-state index contributed by atoms with van der Waals surface area (Å²) in [5.74, 6) is 3.14. The minimum Gasteiger partial charge on any atom is -0.473 e. The van der Waals surface area contributed by atoms with Gasteiger partial charge in [0.2, 0.25) is 0 Å². The van der Waals surface area contributed by atoms with Crippen molar-refractivity contribution in [1.82, 2.24) is 0 Å². The summed E-state index contributed by atoms with van der Waals surface area (Å²) in [7, 11) is 0. The highest BCUT2D eigenvalue weighted by atomic mass is 32.1. The summed E-state index contributed by atoms with van der Waals surface area (Å²) in [5.41, 5.74) is 6.88. The molecule has 6 nitrogen and oxygen atoms in total. The molecule has 2 rings (SSSR count). The number of aliphatic carboxylic acids is 1. The van der Waals surface area contributed by atoms with Gasteiger partial charge in [-0.05, 0) is 30.5 Å². The van der Waals surface area contributed by atoms with Crippen LogP contribution in [0, 0.1) is 17.8 Å². The van der Waals surface area contributed by atoms with Crippen LogP contribution in [-0.4, -0.2) is 29.9 Å². The van der Waals surface area contributed by atoms with E-state index in [2.05, 4.69) is 16.6 Å². The van der Waals surface area contributed by atoms with E-state index in [1.807, 2.05) is 49.4 Å². The predicted octanol–water partition coefficient (Wildman–Crippen LogP) is 3.19. The molecular weight excluding hydrogens is 390 g/mol. The SMILES string of the molecule is C[C@H](CCc1ccc(C#CCCOCc2ccccc2)s1)C(N)OC(=O)C(=O)O. The van der Waals surface area contributed by atoms with Crippen molar-refractivity contribution in [3.63, 3.8) is 0 Å². The second kappa shape index (κ2) is 12.0. The Bertz CT molecular complexity index is 853. The molecule has 29 heavy (non-hydrogen) atoms. The van der Waals surface area contributed by atoms with E-state index in [-0.39, 0.29) is 5.92 Å². The van der Waals surface area contributed by atoms with Crippen molar-refractivity contribution in [2.45, 2.75) is 39.0 Å². The van der Waals surface area contributed by atoms with Crippen molar-refractivity contribution in [2.75, 3.05) is 6.61 Å². The fourth-order valence-corrected chi connectivity index (χ4v) is 3.34. The minimum atomic E-state index is -1.64. The van der Waals surface area contributed by atoms with Gasteiger partial charge in [-0.15, -0.1) is 11.3 Å². The smallest absolute Gasteiger partial charge is 0.418 e. The number of thiophene rings is 1. The van der Waals surface area contributed by atoms with Gasteiger partial charge in [-0.25, -0.2) is 9.59 Å². The molecule has 1 aromatic carbocycles. The summed E-state index contributed by atoms with van der Waals surface area (Å²) in [5, 5.41) is 8.55. The maximum atomic E-state index is 11.0. The van der Waals surface area contributed by atoms with Crippen molar-refractivity contribution in [3.8, 4) is 11.8 Å². The number of aryl methyl sites for hydroxylation is 1. The highest BCUT2D eigenvalue weighted by molar-refractivity contribution is 7.12. The van der Waals surface area contributed by atoms with Crippen LogP contribution in [0.15, 0.2) is 42.5 Å². The van der Waals surface area contributed by atoms with Crippen LogP contribution in [0.1, 0.15) is 35.1 Å². The number of hydrogen-bond acceptors (Lipinski definition) is 6. The lowest BCUT2D eigenvalue weighted by Crippen LogP contribution is -2.36. The number of esters is 1. The molecule has 2 atom stereocenters. The minimum absolute atomic E-state index is 0.156. The zero-order chi connectivity index (χ0) is 21.1. The number of carbonyl (C=O) groups excluding carboxylic acids is 1. The highest BCUT2D eigenvalue weighted by Gasteiger charge is 2.21. The average molecular weight is 416 g/mol. The van der Waals surface area contributed by atoms with Crippen LogP contribution in [0.25, 0.3) is 0 Å². The number of nitrogens with two attached hydrogens (primary N) is 1. The number of rotatable bonds is 9. The molecule has 0 amide bonds. The van der Waals surface area contributed by atoms with Crippen LogP contribution in [0.4, 0.5) is 0 Å². The summed E-state index contributed by atoms with van der Waals surface area (Å²) in [6.07, 6.45) is 1.16. The number of carboxylic acid groups (broad SMARTS) is 1. The summed E-state index contributed by atoms with van der Waals surface area (Å²) < 4.78 is 10.3. The van der Waals surface area contributed by atoms with E-state index < -0.39 is 18.2 Å². The second-order valence-electron chi connectivity index (χ2n) is 6.55. The van der Waals surface area contributed by atoms with Crippen LogP contribution in [0.5, 0.6) is 0 Å². The molecule has 1 aromatic heterocycles. The van der Waals surface area contributed by atoms with Crippen LogP contribution >= 0.6 is 11.3 Å². The molecule has 154 valence electrons. The van der Waals surface area contributed by atoms with Crippen molar-refractivity contribution >= 4 is 23.3 Å². The van der Waals surface area contributed by atoms with Crippen LogP contribution in [-0.2, 0) is 32.1 Å². The standard InChI is InChI=1S/C22H25NO5S/c1-16(20(23)28-22(26)21(24)25)10-11-19-13-12-18(29-19)9-5-6-14-27-15-17-7-3-2-4-8-17/h2-4,7-8,12-13,16,20H,6,10-11,14-15,23H2,1H3,(H,24,25)/t16-,20?/m1/s1. The molecule has 7 heteroatoms. The molecule has 0 radical (unpaired) electrons. The van der Waals surface area contributed by atoms with Gasteiger partial charge >= 0.3 is 11.9 Å². The van der Waals surface area contributed by atoms with E-state index in [1.54, 1.807) is 11.3 Å². The van der Waals surface area contributed by atoms with Crippen molar-refractivity contribution < 1.29 is 24.2 Å². The molecule has 0 saturated carbocycles. The first-order valence-corrected chi connectivity index (χ1v) is 10.2. The molecule has 0 aliphatic heterocycles. The zero-order valence-electron chi connectivity index (χ0n) is 16.3. The van der Waals surface area contributed by atoms with Gasteiger partial charge in [0.1, 0.15) is 0 Å². The predicted molar refractivity (Wildman–Crippen MR) is 111 cm³/mol. The Labute approximate surface area is 174 Å². The van der Waals surface area contributed by atoms with Gasteiger partial charge < -0.3 is 14.6 Å². The van der Waals surface area contributed by atoms with E-state index in [9.17, 15) is 9.59 Å². The van der Waals surface area contributed by atoms with E-state index in [0.717, 1.165) is 21.7 Å². The summed E-state index contributed by atoms with van der Waals surface area (Å²) in [4.78, 5) is 23.7.